The fraction of sp³-hybridized carbons (Fsp3) is 0.375. The number of halogens is 1. The molecule has 0 bridgehead atoms. The molecule has 0 aliphatic carbocycles. The number of anilines is 1. The Labute approximate surface area is 90.4 Å². The van der Waals surface area contributed by atoms with E-state index in [1.54, 1.807) is 0 Å². The molecule has 1 fully saturated rings. The van der Waals surface area contributed by atoms with Gasteiger partial charge < -0.3 is 10.0 Å². The normalized spacial score (nSPS) is 38.3. The van der Waals surface area contributed by atoms with Crippen LogP contribution in [0.25, 0.3) is 0 Å². The molecule has 0 amide bonds. The number of hydrogen-bond acceptors (Lipinski definition) is 3. The van der Waals surface area contributed by atoms with Crippen LogP contribution < -0.4 is 4.90 Å². The lowest BCUT2D eigenvalue weighted by atomic mass is 10.1. The van der Waals surface area contributed by atoms with Gasteiger partial charge in [0.2, 0.25) is 0 Å². The SMILES string of the molecule is [2H]c1nc([2H])c(N2C([2H])([2H])C([2H])(O)C2([2H])[2H])c([2H])c1Br. The van der Waals surface area contributed by atoms with Gasteiger partial charge in [-0.2, -0.15) is 0 Å². The zero-order valence-corrected chi connectivity index (χ0v) is 7.31. The van der Waals surface area contributed by atoms with Crippen molar-refractivity contribution in [2.45, 2.75) is 6.08 Å². The van der Waals surface area contributed by atoms with Crippen LogP contribution in [0.4, 0.5) is 5.69 Å². The number of pyridine rings is 1. The summed E-state index contributed by atoms with van der Waals surface area (Å²) in [7, 11) is 0. The first-order chi connectivity index (χ1) is 8.87. The van der Waals surface area contributed by atoms with Crippen LogP contribution in [0.15, 0.2) is 22.9 Å². The van der Waals surface area contributed by atoms with Crippen LogP contribution in [0.2, 0.25) is 0 Å². The first-order valence-electron chi connectivity index (χ1n) is 7.03. The summed E-state index contributed by atoms with van der Waals surface area (Å²) in [5.41, 5.74) is -0.528. The van der Waals surface area contributed by atoms with E-state index < -0.39 is 43.1 Å². The Balaban J connectivity index is 2.68. The minimum absolute atomic E-state index is 0.129. The largest absolute Gasteiger partial charge is 0.389 e. The van der Waals surface area contributed by atoms with Crippen molar-refractivity contribution < 1.29 is 16.1 Å². The van der Waals surface area contributed by atoms with E-state index in [1.807, 2.05) is 0 Å². The minimum atomic E-state index is -3.05. The fourth-order valence-corrected chi connectivity index (χ4v) is 0.996. The molecule has 12 heavy (non-hydrogen) atoms. The molecule has 1 aliphatic rings. The van der Waals surface area contributed by atoms with E-state index in [2.05, 4.69) is 20.9 Å². The summed E-state index contributed by atoms with van der Waals surface area (Å²) in [5.74, 6) is 0. The van der Waals surface area contributed by atoms with Crippen molar-refractivity contribution in [3.63, 3.8) is 0 Å². The van der Waals surface area contributed by atoms with Crippen LogP contribution in [0.3, 0.4) is 0 Å². The van der Waals surface area contributed by atoms with Crippen molar-refractivity contribution >= 4 is 21.6 Å². The maximum absolute atomic E-state index is 9.59. The van der Waals surface area contributed by atoms with Crippen LogP contribution >= 0.6 is 15.9 Å². The van der Waals surface area contributed by atoms with E-state index in [9.17, 15) is 5.11 Å². The van der Waals surface area contributed by atoms with Gasteiger partial charge in [-0.1, -0.05) is 0 Å². The summed E-state index contributed by atoms with van der Waals surface area (Å²) in [6, 6.07) is -0.502. The predicted octanol–water partition coefficient (Wildman–Crippen LogP) is 1.02. The average molecular weight is 237 g/mol. The summed E-state index contributed by atoms with van der Waals surface area (Å²) in [6.07, 6.45) is -4.14. The van der Waals surface area contributed by atoms with Crippen LogP contribution in [-0.2, 0) is 0 Å². The van der Waals surface area contributed by atoms with E-state index in [0.717, 1.165) is 0 Å². The molecule has 1 aromatic rings. The van der Waals surface area contributed by atoms with Crippen LogP contribution in [0.1, 0.15) is 11.0 Å². The van der Waals surface area contributed by atoms with Crippen LogP contribution in [0, 0.1) is 0 Å². The minimum Gasteiger partial charge on any atom is -0.389 e. The number of aromatic nitrogens is 1. The summed E-state index contributed by atoms with van der Waals surface area (Å²) >= 11 is 2.89. The van der Waals surface area contributed by atoms with Gasteiger partial charge in [0.25, 0.3) is 0 Å². The summed E-state index contributed by atoms with van der Waals surface area (Å²) in [5, 5.41) is 9.59. The Morgan fingerprint density at radius 1 is 1.83 bits per heavy atom. The molecular formula is C8H9BrN2O. The molecule has 0 spiro atoms. The van der Waals surface area contributed by atoms with Crippen molar-refractivity contribution in [3.8, 4) is 0 Å². The molecule has 64 valence electrons. The lowest BCUT2D eigenvalue weighted by Gasteiger charge is -2.37. The molecule has 1 N–H and O–H groups in total. The lowest BCUT2D eigenvalue weighted by molar-refractivity contribution is 0.142. The first kappa shape index (κ1) is 2.96. The maximum Gasteiger partial charge on any atom is 0.0889 e. The lowest BCUT2D eigenvalue weighted by Crippen LogP contribution is -2.50. The number of hydrogen-bond donors (Lipinski definition) is 1. The molecule has 1 aliphatic heterocycles. The predicted molar refractivity (Wildman–Crippen MR) is 50.2 cm³/mol. The molecule has 4 heteroatoms. The van der Waals surface area contributed by atoms with Gasteiger partial charge in [-0.05, 0) is 22.0 Å². The van der Waals surface area contributed by atoms with Gasteiger partial charge in [0, 0.05) is 23.6 Å². The van der Waals surface area contributed by atoms with Crippen molar-refractivity contribution in [3.05, 3.63) is 22.9 Å². The molecule has 0 atom stereocenters. The highest BCUT2D eigenvalue weighted by atomic mass is 79.9. The van der Waals surface area contributed by atoms with E-state index in [4.69, 9.17) is 11.0 Å². The van der Waals surface area contributed by atoms with Crippen molar-refractivity contribution in [2.75, 3.05) is 17.9 Å². The summed E-state index contributed by atoms with van der Waals surface area (Å²) < 4.78 is 60.4. The average Bonchev–Trinajstić information content (AvgIpc) is 2.30. The fourth-order valence-electron chi connectivity index (χ4n) is 0.719. The Kier molecular flexibility index (Phi) is 0.747. The Morgan fingerprint density at radius 2 is 2.58 bits per heavy atom. The van der Waals surface area contributed by atoms with Crippen molar-refractivity contribution in [1.29, 1.82) is 0 Å². The molecule has 0 unspecified atom stereocenters. The van der Waals surface area contributed by atoms with Gasteiger partial charge in [0.15, 0.2) is 0 Å². The van der Waals surface area contributed by atoms with E-state index >= 15 is 0 Å². The van der Waals surface area contributed by atoms with E-state index in [0.29, 0.717) is 4.90 Å². The Hall–Kier alpha value is -0.610. The monoisotopic (exact) mass is 236 g/mol. The highest BCUT2D eigenvalue weighted by Gasteiger charge is 2.24. The van der Waals surface area contributed by atoms with Crippen molar-refractivity contribution in [1.82, 2.24) is 4.98 Å². The smallest absolute Gasteiger partial charge is 0.0889 e. The summed E-state index contributed by atoms with van der Waals surface area (Å²) in [4.78, 5) is 3.79. The molecule has 3 nitrogen and oxygen atoms in total. The Morgan fingerprint density at radius 3 is 3.33 bits per heavy atom. The highest BCUT2D eigenvalue weighted by Crippen LogP contribution is 2.22. The zero-order chi connectivity index (χ0) is 15.7. The molecule has 1 aromatic heterocycles. The number of β-amino-alcohol motifs (C(OH)–C–C–N with tert-alkyl or cyclic N) is 1. The Bertz CT molecular complexity index is 574. The van der Waals surface area contributed by atoms with Gasteiger partial charge >= 0.3 is 0 Å². The summed E-state index contributed by atoms with van der Waals surface area (Å²) in [6.45, 7) is -5.68. The first-order valence-corrected chi connectivity index (χ1v) is 3.82. The van der Waals surface area contributed by atoms with Gasteiger partial charge in [0.1, 0.15) is 0 Å². The molecule has 1 saturated heterocycles. The number of nitrogens with zero attached hydrogens (tertiary/aromatic N) is 2. The molecule has 0 aromatic carbocycles. The quantitative estimate of drug-likeness (QED) is 0.792. The van der Waals surface area contributed by atoms with Gasteiger partial charge in [-0.3, -0.25) is 4.98 Å². The number of aliphatic hydroxyl groups is 1. The number of rotatable bonds is 1. The standard InChI is InChI=1S/C8H9BrN2O/c9-6-1-7(3-10-2-6)11-4-8(12)5-11/h1-3,8,12H,4-5H2/i1D,2D,3D,4D2,5D2,8D. The van der Waals surface area contributed by atoms with E-state index in [1.165, 1.54) is 0 Å². The molecule has 0 saturated carbocycles. The molecule has 2 heterocycles. The molecule has 2 rings (SSSR count). The highest BCUT2D eigenvalue weighted by molar-refractivity contribution is 9.10. The van der Waals surface area contributed by atoms with Gasteiger partial charge in [-0.15, -0.1) is 0 Å². The third kappa shape index (κ3) is 1.44. The van der Waals surface area contributed by atoms with Crippen LogP contribution in [-0.4, -0.2) is 29.2 Å². The second kappa shape index (κ2) is 3.03. The van der Waals surface area contributed by atoms with Crippen LogP contribution in [0.5, 0.6) is 0 Å². The van der Waals surface area contributed by atoms with E-state index in [-0.39, 0.29) is 4.47 Å². The maximum atomic E-state index is 9.59. The topological polar surface area (TPSA) is 36.4 Å². The molecule has 0 radical (unpaired) electrons. The van der Waals surface area contributed by atoms with Gasteiger partial charge in [-0.25, -0.2) is 0 Å². The zero-order valence-electron chi connectivity index (χ0n) is 13.7. The second-order valence-corrected chi connectivity index (χ2v) is 2.82. The third-order valence-electron chi connectivity index (χ3n) is 1.20. The van der Waals surface area contributed by atoms with Crippen molar-refractivity contribution in [2.24, 2.45) is 0 Å². The second-order valence-electron chi connectivity index (χ2n) is 2.03. The third-order valence-corrected chi connectivity index (χ3v) is 1.58. The molecular weight excluding hydrogens is 220 g/mol. The van der Waals surface area contributed by atoms with Gasteiger partial charge in [0.05, 0.1) is 28.9 Å².